The third kappa shape index (κ3) is 2.19. The highest BCUT2D eigenvalue weighted by Gasteiger charge is 2.16. The first-order valence-corrected chi connectivity index (χ1v) is 5.09. The maximum Gasteiger partial charge on any atom is 0.142 e. The molecule has 0 aliphatic rings. The van der Waals surface area contributed by atoms with Crippen LogP contribution < -0.4 is 10.5 Å². The van der Waals surface area contributed by atoms with Gasteiger partial charge in [-0.15, -0.1) is 0 Å². The van der Waals surface area contributed by atoms with Gasteiger partial charge >= 0.3 is 0 Å². The molecule has 0 bridgehead atoms. The fraction of sp³-hybridized carbons (Fsp3) is 0.167. The maximum atomic E-state index is 10.2. The second-order valence-corrected chi connectivity index (χ2v) is 3.54. The van der Waals surface area contributed by atoms with Gasteiger partial charge in [0.1, 0.15) is 18.2 Å². The summed E-state index contributed by atoms with van der Waals surface area (Å²) in [6.45, 7) is 0. The summed E-state index contributed by atoms with van der Waals surface area (Å²) in [6, 6.07) is 5.26. The van der Waals surface area contributed by atoms with Crippen LogP contribution in [0.1, 0.15) is 17.2 Å². The lowest BCUT2D eigenvalue weighted by molar-refractivity contribution is 0.219. The molecule has 1 aromatic heterocycles. The zero-order chi connectivity index (χ0) is 12.3. The molecular formula is C12H13N3O2. The van der Waals surface area contributed by atoms with Gasteiger partial charge in [0, 0.05) is 23.5 Å². The first-order chi connectivity index (χ1) is 8.24. The van der Waals surface area contributed by atoms with E-state index in [9.17, 15) is 5.11 Å². The molecule has 0 spiro atoms. The van der Waals surface area contributed by atoms with E-state index in [1.165, 1.54) is 13.4 Å². The third-order valence-electron chi connectivity index (χ3n) is 2.51. The van der Waals surface area contributed by atoms with Gasteiger partial charge in [-0.3, -0.25) is 0 Å². The fourth-order valence-corrected chi connectivity index (χ4v) is 1.61. The van der Waals surface area contributed by atoms with Crippen LogP contribution in [0.15, 0.2) is 36.9 Å². The lowest BCUT2D eigenvalue weighted by Gasteiger charge is -2.15. The highest BCUT2D eigenvalue weighted by molar-refractivity contribution is 5.60. The number of aromatic nitrogens is 2. The maximum absolute atomic E-state index is 10.2. The average Bonchev–Trinajstić information content (AvgIpc) is 2.39. The second kappa shape index (κ2) is 4.80. The molecule has 1 atom stereocenters. The molecule has 1 unspecified atom stereocenters. The average molecular weight is 231 g/mol. The molecule has 0 saturated carbocycles. The van der Waals surface area contributed by atoms with Crippen LogP contribution in [0.25, 0.3) is 0 Å². The number of nitrogens with two attached hydrogens (primary N) is 1. The molecule has 0 fully saturated rings. The van der Waals surface area contributed by atoms with Crippen LogP contribution >= 0.6 is 0 Å². The molecule has 5 heteroatoms. The van der Waals surface area contributed by atoms with Crippen molar-refractivity contribution in [3.63, 3.8) is 0 Å². The predicted octanol–water partition coefficient (Wildman–Crippen LogP) is 1.15. The molecule has 17 heavy (non-hydrogen) atoms. The largest absolute Gasteiger partial charge is 0.495 e. The zero-order valence-electron chi connectivity index (χ0n) is 9.37. The standard InChI is InChI=1S/C12H13N3O2/c1-17-10-4-2-3-9(11(10)13)12(16)8-5-14-7-15-6-8/h2-7,12,16H,13H2,1H3. The van der Waals surface area contributed by atoms with Crippen molar-refractivity contribution in [3.05, 3.63) is 48.0 Å². The van der Waals surface area contributed by atoms with Crippen LogP contribution in [0.2, 0.25) is 0 Å². The summed E-state index contributed by atoms with van der Waals surface area (Å²) in [5.41, 5.74) is 7.50. The summed E-state index contributed by atoms with van der Waals surface area (Å²) >= 11 is 0. The summed E-state index contributed by atoms with van der Waals surface area (Å²) in [4.78, 5) is 7.72. The lowest BCUT2D eigenvalue weighted by atomic mass is 10.0. The number of aliphatic hydroxyl groups excluding tert-OH is 1. The van der Waals surface area contributed by atoms with Gasteiger partial charge in [0.05, 0.1) is 12.8 Å². The lowest BCUT2D eigenvalue weighted by Crippen LogP contribution is -2.05. The third-order valence-corrected chi connectivity index (χ3v) is 2.51. The van der Waals surface area contributed by atoms with E-state index in [4.69, 9.17) is 10.5 Å². The molecule has 1 heterocycles. The molecule has 0 radical (unpaired) electrons. The first kappa shape index (κ1) is 11.3. The molecule has 0 aliphatic carbocycles. The number of anilines is 1. The van der Waals surface area contributed by atoms with E-state index in [0.717, 1.165) is 0 Å². The summed E-state index contributed by atoms with van der Waals surface area (Å²) in [7, 11) is 1.54. The van der Waals surface area contributed by atoms with E-state index >= 15 is 0 Å². The van der Waals surface area contributed by atoms with Gasteiger partial charge in [0.15, 0.2) is 0 Å². The predicted molar refractivity (Wildman–Crippen MR) is 63.5 cm³/mol. The summed E-state index contributed by atoms with van der Waals surface area (Å²) in [6.07, 6.45) is 3.66. The fourth-order valence-electron chi connectivity index (χ4n) is 1.61. The Morgan fingerprint density at radius 2 is 2.00 bits per heavy atom. The minimum Gasteiger partial charge on any atom is -0.495 e. The Hall–Kier alpha value is -2.14. The topological polar surface area (TPSA) is 81.3 Å². The minimum atomic E-state index is -0.855. The minimum absolute atomic E-state index is 0.423. The van der Waals surface area contributed by atoms with Crippen molar-refractivity contribution in [1.29, 1.82) is 0 Å². The molecule has 1 aromatic carbocycles. The van der Waals surface area contributed by atoms with Crippen LogP contribution in [-0.2, 0) is 0 Å². The van der Waals surface area contributed by atoms with E-state index in [2.05, 4.69) is 9.97 Å². The molecule has 88 valence electrons. The van der Waals surface area contributed by atoms with Crippen molar-refractivity contribution in [2.45, 2.75) is 6.10 Å². The number of aliphatic hydroxyl groups is 1. The van der Waals surface area contributed by atoms with E-state index in [1.54, 1.807) is 30.6 Å². The van der Waals surface area contributed by atoms with Gasteiger partial charge in [0.2, 0.25) is 0 Å². The Morgan fingerprint density at radius 1 is 1.29 bits per heavy atom. The van der Waals surface area contributed by atoms with Crippen LogP contribution in [0.3, 0.4) is 0 Å². The number of hydrogen-bond donors (Lipinski definition) is 2. The number of nitrogens with zero attached hydrogens (tertiary/aromatic N) is 2. The molecule has 0 aliphatic heterocycles. The summed E-state index contributed by atoms with van der Waals surface area (Å²) in [5.74, 6) is 0.540. The second-order valence-electron chi connectivity index (χ2n) is 3.54. The van der Waals surface area contributed by atoms with Gasteiger partial charge in [-0.25, -0.2) is 9.97 Å². The Balaban J connectivity index is 2.41. The van der Waals surface area contributed by atoms with Crippen molar-refractivity contribution in [2.24, 2.45) is 0 Å². The van der Waals surface area contributed by atoms with Crippen LogP contribution in [-0.4, -0.2) is 22.2 Å². The molecule has 0 amide bonds. The van der Waals surface area contributed by atoms with Crippen molar-refractivity contribution < 1.29 is 9.84 Å². The van der Waals surface area contributed by atoms with E-state index in [-0.39, 0.29) is 0 Å². The Morgan fingerprint density at radius 3 is 2.65 bits per heavy atom. The molecule has 0 saturated heterocycles. The zero-order valence-corrected chi connectivity index (χ0v) is 9.37. The summed E-state index contributed by atoms with van der Waals surface area (Å²) < 4.78 is 5.10. The van der Waals surface area contributed by atoms with Crippen molar-refractivity contribution in [3.8, 4) is 5.75 Å². The molecular weight excluding hydrogens is 218 g/mol. The van der Waals surface area contributed by atoms with E-state index < -0.39 is 6.10 Å². The SMILES string of the molecule is COc1cccc(C(O)c2cncnc2)c1N. The van der Waals surface area contributed by atoms with Crippen molar-refractivity contribution >= 4 is 5.69 Å². The highest BCUT2D eigenvalue weighted by atomic mass is 16.5. The van der Waals surface area contributed by atoms with E-state index in [0.29, 0.717) is 22.6 Å². The summed E-state index contributed by atoms with van der Waals surface area (Å²) in [5, 5.41) is 10.2. The van der Waals surface area contributed by atoms with Crippen molar-refractivity contribution in [1.82, 2.24) is 9.97 Å². The number of methoxy groups -OCH3 is 1. The van der Waals surface area contributed by atoms with Gasteiger partial charge in [-0.2, -0.15) is 0 Å². The first-order valence-electron chi connectivity index (χ1n) is 5.09. The number of para-hydroxylation sites is 1. The van der Waals surface area contributed by atoms with Gasteiger partial charge in [-0.05, 0) is 6.07 Å². The van der Waals surface area contributed by atoms with Gasteiger partial charge in [-0.1, -0.05) is 12.1 Å². The highest BCUT2D eigenvalue weighted by Crippen LogP contribution is 2.32. The van der Waals surface area contributed by atoms with Gasteiger partial charge in [0.25, 0.3) is 0 Å². The Labute approximate surface area is 98.9 Å². The normalized spacial score (nSPS) is 12.1. The number of nitrogen functional groups attached to an aromatic ring is 1. The number of benzene rings is 1. The van der Waals surface area contributed by atoms with E-state index in [1.807, 2.05) is 0 Å². The van der Waals surface area contributed by atoms with Crippen molar-refractivity contribution in [2.75, 3.05) is 12.8 Å². The quantitative estimate of drug-likeness (QED) is 0.774. The van der Waals surface area contributed by atoms with Crippen LogP contribution in [0.4, 0.5) is 5.69 Å². The molecule has 2 aromatic rings. The Bertz CT molecular complexity index is 502. The smallest absolute Gasteiger partial charge is 0.142 e. The van der Waals surface area contributed by atoms with Crippen LogP contribution in [0, 0.1) is 0 Å². The molecule has 2 rings (SSSR count). The molecule has 3 N–H and O–H groups in total. The Kier molecular flexibility index (Phi) is 3.20. The monoisotopic (exact) mass is 231 g/mol. The van der Waals surface area contributed by atoms with Gasteiger partial charge < -0.3 is 15.6 Å². The number of ether oxygens (including phenoxy) is 1. The molecule has 5 nitrogen and oxygen atoms in total. The van der Waals surface area contributed by atoms with Crippen LogP contribution in [0.5, 0.6) is 5.75 Å². The number of hydrogen-bond acceptors (Lipinski definition) is 5. The number of rotatable bonds is 3.